The van der Waals surface area contributed by atoms with Gasteiger partial charge in [-0.1, -0.05) is 5.92 Å². The van der Waals surface area contributed by atoms with E-state index in [2.05, 4.69) is 36.4 Å². The van der Waals surface area contributed by atoms with Crippen molar-refractivity contribution < 1.29 is 13.9 Å². The first-order valence-corrected chi connectivity index (χ1v) is 13.0. The van der Waals surface area contributed by atoms with Gasteiger partial charge in [0.25, 0.3) is 5.91 Å². The number of ether oxygens (including phenoxy) is 1. The number of nitrogens with zero attached hydrogens (tertiary/aromatic N) is 5. The van der Waals surface area contributed by atoms with Crippen molar-refractivity contribution in [3.05, 3.63) is 83.9 Å². The van der Waals surface area contributed by atoms with Gasteiger partial charge in [0.05, 0.1) is 28.2 Å². The molecule has 2 N–H and O–H groups in total. The molecule has 0 aliphatic carbocycles. The van der Waals surface area contributed by atoms with E-state index in [1.54, 1.807) is 43.7 Å². The SMILES string of the molecule is C#Cc1ccc(N(C)CCCN(C)C)c(NC(=O)c2cc(Oc3ncccc3-c3ccnc(NC)n3)ccc2F)c1. The summed E-state index contributed by atoms with van der Waals surface area (Å²) in [5.41, 5.74) is 2.86. The molecule has 0 saturated heterocycles. The van der Waals surface area contributed by atoms with Crippen LogP contribution in [0.5, 0.6) is 11.6 Å². The lowest BCUT2D eigenvalue weighted by molar-refractivity contribution is 0.102. The van der Waals surface area contributed by atoms with Crippen molar-refractivity contribution in [3.8, 4) is 35.2 Å². The largest absolute Gasteiger partial charge is 0.438 e. The molecule has 0 fully saturated rings. The number of carbonyl (C=O) groups is 1. The lowest BCUT2D eigenvalue weighted by Gasteiger charge is -2.24. The van der Waals surface area contributed by atoms with Gasteiger partial charge in [-0.05, 0) is 81.7 Å². The average molecular weight is 554 g/mol. The lowest BCUT2D eigenvalue weighted by atomic mass is 10.1. The Balaban J connectivity index is 1.59. The van der Waals surface area contributed by atoms with Crippen molar-refractivity contribution in [1.82, 2.24) is 19.9 Å². The fourth-order valence-corrected chi connectivity index (χ4v) is 4.14. The number of aromatic nitrogens is 3. The second-order valence-corrected chi connectivity index (χ2v) is 9.52. The molecule has 0 aliphatic rings. The number of benzene rings is 2. The van der Waals surface area contributed by atoms with Gasteiger partial charge in [0, 0.05) is 38.6 Å². The molecule has 0 atom stereocenters. The van der Waals surface area contributed by atoms with E-state index in [1.165, 1.54) is 18.2 Å². The summed E-state index contributed by atoms with van der Waals surface area (Å²) in [4.78, 5) is 30.4. The molecule has 0 unspecified atom stereocenters. The van der Waals surface area contributed by atoms with Crippen LogP contribution in [0.1, 0.15) is 22.3 Å². The number of carbonyl (C=O) groups excluding carboxylic acids is 1. The predicted octanol–water partition coefficient (Wildman–Crippen LogP) is 5.13. The van der Waals surface area contributed by atoms with E-state index < -0.39 is 11.7 Å². The monoisotopic (exact) mass is 553 g/mol. The van der Waals surface area contributed by atoms with Gasteiger partial charge in [-0.25, -0.2) is 19.3 Å². The minimum absolute atomic E-state index is 0.188. The van der Waals surface area contributed by atoms with Gasteiger partial charge < -0.3 is 25.2 Å². The minimum Gasteiger partial charge on any atom is -0.438 e. The number of hydrogen-bond donors (Lipinski definition) is 2. The molecule has 10 heteroatoms. The third kappa shape index (κ3) is 7.35. The van der Waals surface area contributed by atoms with Crippen LogP contribution in [0.25, 0.3) is 11.3 Å². The summed E-state index contributed by atoms with van der Waals surface area (Å²) in [5.74, 6) is 2.17. The van der Waals surface area contributed by atoms with E-state index in [-0.39, 0.29) is 17.2 Å². The van der Waals surface area contributed by atoms with E-state index in [0.29, 0.717) is 28.5 Å². The predicted molar refractivity (Wildman–Crippen MR) is 160 cm³/mol. The fraction of sp³-hybridized carbons (Fsp3) is 0.226. The van der Waals surface area contributed by atoms with Crippen molar-refractivity contribution in [2.75, 3.05) is 56.8 Å². The maximum Gasteiger partial charge on any atom is 0.258 e. The molecule has 0 bridgehead atoms. The van der Waals surface area contributed by atoms with Gasteiger partial charge in [0.2, 0.25) is 11.8 Å². The molecule has 9 nitrogen and oxygen atoms in total. The molecule has 210 valence electrons. The maximum atomic E-state index is 14.9. The van der Waals surface area contributed by atoms with Crippen LogP contribution in [0.3, 0.4) is 0 Å². The number of anilines is 3. The van der Waals surface area contributed by atoms with E-state index >= 15 is 0 Å². The highest BCUT2D eigenvalue weighted by molar-refractivity contribution is 6.06. The summed E-state index contributed by atoms with van der Waals surface area (Å²) in [6.07, 6.45) is 9.73. The summed E-state index contributed by atoms with van der Waals surface area (Å²) >= 11 is 0. The second kappa shape index (κ2) is 13.4. The third-order valence-corrected chi connectivity index (χ3v) is 6.24. The number of halogens is 1. The summed E-state index contributed by atoms with van der Waals surface area (Å²) in [5, 5.41) is 5.74. The number of nitrogens with one attached hydrogen (secondary N) is 2. The van der Waals surface area contributed by atoms with Crippen molar-refractivity contribution in [1.29, 1.82) is 0 Å². The van der Waals surface area contributed by atoms with Crippen LogP contribution in [0, 0.1) is 18.2 Å². The third-order valence-electron chi connectivity index (χ3n) is 6.24. The Labute approximate surface area is 239 Å². The van der Waals surface area contributed by atoms with Gasteiger partial charge >= 0.3 is 0 Å². The van der Waals surface area contributed by atoms with E-state index in [0.717, 1.165) is 25.2 Å². The average Bonchev–Trinajstić information content (AvgIpc) is 2.98. The zero-order valence-corrected chi connectivity index (χ0v) is 23.5. The minimum atomic E-state index is -0.695. The highest BCUT2D eigenvalue weighted by atomic mass is 19.1. The van der Waals surface area contributed by atoms with Crippen LogP contribution in [-0.2, 0) is 0 Å². The molecular formula is C31H32FN7O2. The van der Waals surface area contributed by atoms with Crippen LogP contribution in [0.15, 0.2) is 67.0 Å². The second-order valence-electron chi connectivity index (χ2n) is 9.52. The summed E-state index contributed by atoms with van der Waals surface area (Å²) in [6, 6.07) is 14.6. The molecule has 0 aliphatic heterocycles. The molecule has 2 heterocycles. The molecule has 0 radical (unpaired) electrons. The maximum absolute atomic E-state index is 14.9. The van der Waals surface area contributed by atoms with Gasteiger partial charge in [-0.15, -0.1) is 6.42 Å². The fourth-order valence-electron chi connectivity index (χ4n) is 4.14. The van der Waals surface area contributed by atoms with Gasteiger partial charge in [-0.3, -0.25) is 4.79 Å². The Morgan fingerprint density at radius 2 is 1.88 bits per heavy atom. The molecule has 0 spiro atoms. The van der Waals surface area contributed by atoms with E-state index in [4.69, 9.17) is 11.2 Å². The summed E-state index contributed by atoms with van der Waals surface area (Å²) in [7, 11) is 7.70. The normalized spacial score (nSPS) is 10.7. The highest BCUT2D eigenvalue weighted by Gasteiger charge is 2.18. The Bertz CT molecular complexity index is 1570. The van der Waals surface area contributed by atoms with Crippen molar-refractivity contribution in [3.63, 3.8) is 0 Å². The topological polar surface area (TPSA) is 95.5 Å². The number of amides is 1. The smallest absolute Gasteiger partial charge is 0.258 e. The van der Waals surface area contributed by atoms with Crippen LogP contribution >= 0.6 is 0 Å². The molecule has 0 saturated carbocycles. The van der Waals surface area contributed by atoms with Crippen LogP contribution in [-0.4, -0.2) is 67.0 Å². The van der Waals surface area contributed by atoms with Crippen molar-refractivity contribution in [2.24, 2.45) is 0 Å². The summed E-state index contributed by atoms with van der Waals surface area (Å²) < 4.78 is 21.0. The Kier molecular flexibility index (Phi) is 9.45. The van der Waals surface area contributed by atoms with E-state index in [9.17, 15) is 9.18 Å². The van der Waals surface area contributed by atoms with Gasteiger partial charge in [0.15, 0.2) is 0 Å². The number of pyridine rings is 1. The number of rotatable bonds is 11. The zero-order valence-electron chi connectivity index (χ0n) is 23.5. The van der Waals surface area contributed by atoms with Gasteiger partial charge in [0.1, 0.15) is 11.6 Å². The first-order valence-electron chi connectivity index (χ1n) is 13.0. The van der Waals surface area contributed by atoms with Crippen LogP contribution < -0.4 is 20.3 Å². The highest BCUT2D eigenvalue weighted by Crippen LogP contribution is 2.32. The Morgan fingerprint density at radius 3 is 2.63 bits per heavy atom. The zero-order chi connectivity index (χ0) is 29.4. The van der Waals surface area contributed by atoms with Crippen LogP contribution in [0.4, 0.5) is 21.7 Å². The van der Waals surface area contributed by atoms with Crippen molar-refractivity contribution >= 4 is 23.2 Å². The standard InChI is InChI=1S/C31H32FN7O2/c1-6-21-10-13-28(39(5)18-8-17-38(3)4)27(19-21)36-29(40)24-20-22(11-12-25(24)32)41-30-23(9-7-15-34-30)26-14-16-35-31(33-2)37-26/h1,7,9-16,19-20H,8,17-18H2,2-5H3,(H,36,40)(H,33,35,37). The molecule has 1 amide bonds. The number of terminal acetylenes is 1. The molecular weight excluding hydrogens is 521 g/mol. The van der Waals surface area contributed by atoms with E-state index in [1.807, 2.05) is 38.2 Å². The van der Waals surface area contributed by atoms with Crippen molar-refractivity contribution in [2.45, 2.75) is 6.42 Å². The molecule has 4 rings (SSSR count). The Morgan fingerprint density at radius 1 is 1.05 bits per heavy atom. The molecule has 2 aromatic heterocycles. The molecule has 4 aromatic rings. The van der Waals surface area contributed by atoms with Crippen LogP contribution in [0.2, 0.25) is 0 Å². The first kappa shape index (κ1) is 29.0. The lowest BCUT2D eigenvalue weighted by Crippen LogP contribution is -2.25. The number of hydrogen-bond acceptors (Lipinski definition) is 8. The Hall–Kier alpha value is -5.01. The van der Waals surface area contributed by atoms with Gasteiger partial charge in [-0.2, -0.15) is 0 Å². The molecule has 41 heavy (non-hydrogen) atoms. The quantitative estimate of drug-likeness (QED) is 0.247. The summed E-state index contributed by atoms with van der Waals surface area (Å²) in [6.45, 7) is 1.67. The first-order chi connectivity index (χ1) is 19.8. The molecule has 2 aromatic carbocycles.